The Hall–Kier alpha value is -2.03. The van der Waals surface area contributed by atoms with Gasteiger partial charge in [-0.25, -0.2) is 0 Å². The maximum Gasteiger partial charge on any atom is 0.125 e. The van der Waals surface area contributed by atoms with Gasteiger partial charge in [-0.3, -0.25) is 0 Å². The van der Waals surface area contributed by atoms with Crippen LogP contribution in [0, 0.1) is 0 Å². The first kappa shape index (κ1) is 9.52. The molecule has 0 spiro atoms. The standard InChI is InChI=1S/C12H11NO2/c1-8(13-15)12-10-5-3-2-4-9(10)6-7-11(12)14/h2-7,14-15H,1H3. The second-order valence-corrected chi connectivity index (χ2v) is 3.37. The highest BCUT2D eigenvalue weighted by molar-refractivity contribution is 6.11. The molecule has 0 unspecified atom stereocenters. The van der Waals surface area contributed by atoms with E-state index in [1.807, 2.05) is 30.3 Å². The van der Waals surface area contributed by atoms with Gasteiger partial charge in [0.15, 0.2) is 0 Å². The van der Waals surface area contributed by atoms with Crippen LogP contribution in [-0.2, 0) is 0 Å². The van der Waals surface area contributed by atoms with Crippen molar-refractivity contribution < 1.29 is 10.3 Å². The van der Waals surface area contributed by atoms with Crippen LogP contribution in [0.25, 0.3) is 10.8 Å². The van der Waals surface area contributed by atoms with Crippen molar-refractivity contribution in [3.63, 3.8) is 0 Å². The predicted octanol–water partition coefficient (Wildman–Crippen LogP) is 2.74. The van der Waals surface area contributed by atoms with Crippen molar-refractivity contribution in [3.05, 3.63) is 42.0 Å². The number of fused-ring (bicyclic) bond motifs is 1. The van der Waals surface area contributed by atoms with Crippen LogP contribution in [-0.4, -0.2) is 16.0 Å². The highest BCUT2D eigenvalue weighted by Gasteiger charge is 2.09. The Bertz CT molecular complexity index is 532. The maximum absolute atomic E-state index is 9.72. The fourth-order valence-electron chi connectivity index (χ4n) is 1.69. The van der Waals surface area contributed by atoms with Crippen LogP contribution in [0.1, 0.15) is 12.5 Å². The number of benzene rings is 2. The number of oxime groups is 1. The highest BCUT2D eigenvalue weighted by atomic mass is 16.4. The van der Waals surface area contributed by atoms with E-state index in [4.69, 9.17) is 5.21 Å². The molecule has 2 rings (SSSR count). The summed E-state index contributed by atoms with van der Waals surface area (Å²) in [5, 5.41) is 23.5. The fourth-order valence-corrected chi connectivity index (χ4v) is 1.69. The van der Waals surface area contributed by atoms with E-state index in [0.29, 0.717) is 11.3 Å². The largest absolute Gasteiger partial charge is 0.507 e. The van der Waals surface area contributed by atoms with Crippen LogP contribution in [0.5, 0.6) is 5.75 Å². The third kappa shape index (κ3) is 1.52. The average Bonchev–Trinajstić information content (AvgIpc) is 2.28. The lowest BCUT2D eigenvalue weighted by Gasteiger charge is -2.07. The van der Waals surface area contributed by atoms with Gasteiger partial charge in [0, 0.05) is 5.56 Å². The van der Waals surface area contributed by atoms with Gasteiger partial charge in [0.25, 0.3) is 0 Å². The molecule has 0 aliphatic carbocycles. The molecule has 0 saturated carbocycles. The van der Waals surface area contributed by atoms with Crippen molar-refractivity contribution in [3.8, 4) is 5.75 Å². The van der Waals surface area contributed by atoms with Gasteiger partial charge < -0.3 is 10.3 Å². The zero-order chi connectivity index (χ0) is 10.8. The number of phenols is 1. The molecule has 0 fully saturated rings. The molecular formula is C12H11NO2. The quantitative estimate of drug-likeness (QED) is 0.423. The first-order valence-corrected chi connectivity index (χ1v) is 4.64. The van der Waals surface area contributed by atoms with Gasteiger partial charge in [-0.05, 0) is 23.8 Å². The van der Waals surface area contributed by atoms with Crippen molar-refractivity contribution in [1.82, 2.24) is 0 Å². The van der Waals surface area contributed by atoms with E-state index in [9.17, 15) is 5.11 Å². The summed E-state index contributed by atoms with van der Waals surface area (Å²) in [5.74, 6) is 0.129. The van der Waals surface area contributed by atoms with Crippen LogP contribution in [0.15, 0.2) is 41.6 Å². The van der Waals surface area contributed by atoms with Gasteiger partial charge >= 0.3 is 0 Å². The minimum Gasteiger partial charge on any atom is -0.507 e. The van der Waals surface area contributed by atoms with Crippen molar-refractivity contribution >= 4 is 16.5 Å². The molecule has 0 saturated heterocycles. The second-order valence-electron chi connectivity index (χ2n) is 3.37. The third-order valence-electron chi connectivity index (χ3n) is 2.42. The Labute approximate surface area is 87.3 Å². The summed E-state index contributed by atoms with van der Waals surface area (Å²) in [6, 6.07) is 11.1. The van der Waals surface area contributed by atoms with E-state index < -0.39 is 0 Å². The predicted molar refractivity (Wildman–Crippen MR) is 59.6 cm³/mol. The van der Waals surface area contributed by atoms with E-state index in [2.05, 4.69) is 5.16 Å². The Kier molecular flexibility index (Phi) is 2.29. The topological polar surface area (TPSA) is 52.8 Å². The number of aromatic hydroxyl groups is 1. The number of phenolic OH excluding ortho intramolecular Hbond substituents is 1. The van der Waals surface area contributed by atoms with Crippen molar-refractivity contribution in [2.24, 2.45) is 5.16 Å². The molecule has 2 aromatic carbocycles. The van der Waals surface area contributed by atoms with Gasteiger partial charge in [0.05, 0.1) is 5.71 Å². The molecule has 0 aliphatic rings. The van der Waals surface area contributed by atoms with Crippen LogP contribution >= 0.6 is 0 Å². The molecule has 0 bridgehead atoms. The van der Waals surface area contributed by atoms with E-state index >= 15 is 0 Å². The molecule has 0 aromatic heterocycles. The lowest BCUT2D eigenvalue weighted by atomic mass is 10.0. The average molecular weight is 201 g/mol. The van der Waals surface area contributed by atoms with Gasteiger partial charge in [0.1, 0.15) is 5.75 Å². The van der Waals surface area contributed by atoms with Crippen molar-refractivity contribution in [2.75, 3.05) is 0 Å². The van der Waals surface area contributed by atoms with E-state index in [1.54, 1.807) is 13.0 Å². The van der Waals surface area contributed by atoms with Crippen LogP contribution < -0.4 is 0 Å². The summed E-state index contributed by atoms with van der Waals surface area (Å²) in [7, 11) is 0. The molecule has 2 aromatic rings. The van der Waals surface area contributed by atoms with Gasteiger partial charge in [-0.15, -0.1) is 0 Å². The molecule has 0 heterocycles. The summed E-state index contributed by atoms with van der Waals surface area (Å²) in [5.41, 5.74) is 0.986. The molecule has 0 radical (unpaired) electrons. The first-order chi connectivity index (χ1) is 7.24. The van der Waals surface area contributed by atoms with Crippen LogP contribution in [0.3, 0.4) is 0 Å². The maximum atomic E-state index is 9.72. The zero-order valence-electron chi connectivity index (χ0n) is 8.31. The van der Waals surface area contributed by atoms with Gasteiger partial charge in [-0.2, -0.15) is 0 Å². The molecule has 0 amide bonds. The SMILES string of the molecule is CC(=NO)c1c(O)ccc2ccccc12. The Morgan fingerprint density at radius 2 is 1.87 bits per heavy atom. The minimum absolute atomic E-state index is 0.129. The van der Waals surface area contributed by atoms with Crippen LogP contribution in [0.2, 0.25) is 0 Å². The summed E-state index contributed by atoms with van der Waals surface area (Å²) >= 11 is 0. The second kappa shape index (κ2) is 3.61. The van der Waals surface area contributed by atoms with E-state index in [1.165, 1.54) is 0 Å². The molecule has 3 heteroatoms. The Morgan fingerprint density at radius 1 is 1.13 bits per heavy atom. The summed E-state index contributed by atoms with van der Waals surface area (Å²) in [4.78, 5) is 0. The Morgan fingerprint density at radius 3 is 2.60 bits per heavy atom. The zero-order valence-corrected chi connectivity index (χ0v) is 8.31. The van der Waals surface area contributed by atoms with Crippen molar-refractivity contribution in [1.29, 1.82) is 0 Å². The number of hydrogen-bond acceptors (Lipinski definition) is 3. The molecule has 0 aliphatic heterocycles. The summed E-state index contributed by atoms with van der Waals surface area (Å²) < 4.78 is 0. The summed E-state index contributed by atoms with van der Waals surface area (Å²) in [6.07, 6.45) is 0. The smallest absolute Gasteiger partial charge is 0.125 e. The lowest BCUT2D eigenvalue weighted by molar-refractivity contribution is 0.319. The number of hydrogen-bond donors (Lipinski definition) is 2. The fraction of sp³-hybridized carbons (Fsp3) is 0.0833. The molecule has 76 valence electrons. The lowest BCUT2D eigenvalue weighted by Crippen LogP contribution is -1.96. The van der Waals surface area contributed by atoms with Crippen LogP contribution in [0.4, 0.5) is 0 Å². The first-order valence-electron chi connectivity index (χ1n) is 4.64. The molecule has 3 nitrogen and oxygen atoms in total. The summed E-state index contributed by atoms with van der Waals surface area (Å²) in [6.45, 7) is 1.65. The van der Waals surface area contributed by atoms with Crippen molar-refractivity contribution in [2.45, 2.75) is 6.92 Å². The number of nitrogens with zero attached hydrogens (tertiary/aromatic N) is 1. The van der Waals surface area contributed by atoms with Gasteiger partial charge in [0.2, 0.25) is 0 Å². The highest BCUT2D eigenvalue weighted by Crippen LogP contribution is 2.27. The normalized spacial score (nSPS) is 11.9. The van der Waals surface area contributed by atoms with Gasteiger partial charge in [-0.1, -0.05) is 35.5 Å². The van der Waals surface area contributed by atoms with E-state index in [0.717, 1.165) is 10.8 Å². The van der Waals surface area contributed by atoms with E-state index in [-0.39, 0.29) is 5.75 Å². The molecule has 2 N–H and O–H groups in total. The third-order valence-corrected chi connectivity index (χ3v) is 2.42. The Balaban J connectivity index is 2.86. The monoisotopic (exact) mass is 201 g/mol. The molecule has 0 atom stereocenters. The molecule has 15 heavy (non-hydrogen) atoms. The number of rotatable bonds is 1. The molecular weight excluding hydrogens is 190 g/mol. The minimum atomic E-state index is 0.129.